The highest BCUT2D eigenvalue weighted by Gasteiger charge is 2.30. The maximum atomic E-state index is 2.59. The van der Waals surface area contributed by atoms with Crippen LogP contribution in [-0.4, -0.2) is 49.6 Å². The number of likely N-dealkylation sites (tertiary alicyclic amines) is 2. The van der Waals surface area contributed by atoms with Gasteiger partial charge in [0.1, 0.15) is 0 Å². The second kappa shape index (κ2) is 4.63. The number of hydrogen-bond acceptors (Lipinski definition) is 2. The summed E-state index contributed by atoms with van der Waals surface area (Å²) in [5.74, 6) is 0.940. The Balaban J connectivity index is 1.94. The molecule has 2 nitrogen and oxygen atoms in total. The largest absolute Gasteiger partial charge is 0.306 e. The molecule has 0 amide bonds. The normalized spacial score (nSPS) is 37.3. The van der Waals surface area contributed by atoms with E-state index in [9.17, 15) is 0 Å². The molecule has 0 N–H and O–H groups in total. The van der Waals surface area contributed by atoms with Crippen LogP contribution in [0.25, 0.3) is 0 Å². The van der Waals surface area contributed by atoms with Gasteiger partial charge in [-0.15, -0.1) is 0 Å². The predicted molar refractivity (Wildman–Crippen MR) is 60.5 cm³/mol. The molecular formula is C12H24N2. The lowest BCUT2D eigenvalue weighted by molar-refractivity contribution is 0.183. The molecule has 2 rings (SSSR count). The van der Waals surface area contributed by atoms with Crippen molar-refractivity contribution >= 4 is 0 Å². The molecule has 2 aliphatic rings. The Bertz CT molecular complexity index is 181. The summed E-state index contributed by atoms with van der Waals surface area (Å²) < 4.78 is 0. The van der Waals surface area contributed by atoms with E-state index in [-0.39, 0.29) is 0 Å². The maximum Gasteiger partial charge on any atom is 0.0133 e. The van der Waals surface area contributed by atoms with Crippen molar-refractivity contribution in [3.8, 4) is 0 Å². The van der Waals surface area contributed by atoms with E-state index in [0.29, 0.717) is 0 Å². The van der Waals surface area contributed by atoms with Crippen molar-refractivity contribution in [2.24, 2.45) is 5.92 Å². The molecule has 0 bridgehead atoms. The first-order chi connectivity index (χ1) is 6.77. The Morgan fingerprint density at radius 1 is 0.929 bits per heavy atom. The fourth-order valence-electron chi connectivity index (χ4n) is 3.22. The molecule has 2 unspecified atom stereocenters. The van der Waals surface area contributed by atoms with Crippen molar-refractivity contribution in [1.82, 2.24) is 9.80 Å². The lowest BCUT2D eigenvalue weighted by Gasteiger charge is -2.30. The van der Waals surface area contributed by atoms with Gasteiger partial charge in [-0.05, 0) is 58.8 Å². The van der Waals surface area contributed by atoms with E-state index in [0.717, 1.165) is 12.0 Å². The number of rotatable bonds is 1. The Morgan fingerprint density at radius 2 is 1.79 bits per heavy atom. The molecule has 2 atom stereocenters. The van der Waals surface area contributed by atoms with Crippen molar-refractivity contribution in [2.75, 3.05) is 33.7 Å². The Kier molecular flexibility index (Phi) is 3.45. The monoisotopic (exact) mass is 196 g/mol. The highest BCUT2D eigenvalue weighted by atomic mass is 15.2. The predicted octanol–water partition coefficient (Wildman–Crippen LogP) is 1.81. The summed E-state index contributed by atoms with van der Waals surface area (Å²) in [5, 5.41) is 0. The second-order valence-electron chi connectivity index (χ2n) is 5.21. The molecule has 0 aromatic heterocycles. The molecular weight excluding hydrogens is 172 g/mol. The van der Waals surface area contributed by atoms with E-state index in [1.54, 1.807) is 0 Å². The van der Waals surface area contributed by atoms with Crippen LogP contribution >= 0.6 is 0 Å². The zero-order chi connectivity index (χ0) is 9.97. The number of hydrogen-bond donors (Lipinski definition) is 0. The van der Waals surface area contributed by atoms with Gasteiger partial charge >= 0.3 is 0 Å². The third-order valence-corrected chi connectivity index (χ3v) is 4.03. The van der Waals surface area contributed by atoms with E-state index in [4.69, 9.17) is 0 Å². The molecule has 2 aliphatic heterocycles. The highest BCUT2D eigenvalue weighted by Crippen LogP contribution is 2.28. The van der Waals surface area contributed by atoms with Crippen LogP contribution in [0.1, 0.15) is 32.1 Å². The van der Waals surface area contributed by atoms with Gasteiger partial charge in [0.15, 0.2) is 0 Å². The van der Waals surface area contributed by atoms with Crippen molar-refractivity contribution in [3.05, 3.63) is 0 Å². The lowest BCUT2D eigenvalue weighted by atomic mass is 9.93. The van der Waals surface area contributed by atoms with Gasteiger partial charge in [-0.1, -0.05) is 6.42 Å². The van der Waals surface area contributed by atoms with Gasteiger partial charge in [0.05, 0.1) is 0 Å². The molecule has 0 aromatic rings. The van der Waals surface area contributed by atoms with Crippen molar-refractivity contribution in [3.63, 3.8) is 0 Å². The van der Waals surface area contributed by atoms with Crippen LogP contribution in [0.2, 0.25) is 0 Å². The molecule has 0 aliphatic carbocycles. The SMILES string of the molecule is CN1CCCCC(C2CCCN2C)C1. The zero-order valence-electron chi connectivity index (χ0n) is 9.71. The van der Waals surface area contributed by atoms with Gasteiger partial charge in [-0.3, -0.25) is 0 Å². The summed E-state index contributed by atoms with van der Waals surface area (Å²) in [7, 11) is 4.59. The molecule has 2 heterocycles. The standard InChI is InChI=1S/C12H24N2/c1-13-8-4-3-6-11(10-13)12-7-5-9-14(12)2/h11-12H,3-10H2,1-2H3. The van der Waals surface area contributed by atoms with Crippen LogP contribution in [0.15, 0.2) is 0 Å². The Hall–Kier alpha value is -0.0800. The van der Waals surface area contributed by atoms with Gasteiger partial charge in [0, 0.05) is 12.6 Å². The van der Waals surface area contributed by atoms with Crippen LogP contribution in [-0.2, 0) is 0 Å². The quantitative estimate of drug-likeness (QED) is 0.631. The van der Waals surface area contributed by atoms with Gasteiger partial charge < -0.3 is 9.80 Å². The first-order valence-electron chi connectivity index (χ1n) is 6.16. The minimum Gasteiger partial charge on any atom is -0.306 e. The average Bonchev–Trinajstić information content (AvgIpc) is 2.45. The molecule has 14 heavy (non-hydrogen) atoms. The van der Waals surface area contributed by atoms with Crippen LogP contribution in [0.4, 0.5) is 0 Å². The van der Waals surface area contributed by atoms with Crippen LogP contribution in [0.3, 0.4) is 0 Å². The first kappa shape index (κ1) is 10.4. The van der Waals surface area contributed by atoms with E-state index in [2.05, 4.69) is 23.9 Å². The average molecular weight is 196 g/mol. The Labute approximate surface area is 88.3 Å². The van der Waals surface area contributed by atoms with Gasteiger partial charge in [0.2, 0.25) is 0 Å². The molecule has 0 saturated carbocycles. The molecule has 2 heteroatoms. The van der Waals surface area contributed by atoms with Crippen LogP contribution in [0.5, 0.6) is 0 Å². The summed E-state index contributed by atoms with van der Waals surface area (Å²) in [6.07, 6.45) is 7.17. The third kappa shape index (κ3) is 2.29. The summed E-state index contributed by atoms with van der Waals surface area (Å²) in [6, 6.07) is 0.885. The minimum atomic E-state index is 0.885. The summed E-state index contributed by atoms with van der Waals surface area (Å²) in [5.41, 5.74) is 0. The number of nitrogens with zero attached hydrogens (tertiary/aromatic N) is 2. The molecule has 82 valence electrons. The van der Waals surface area contributed by atoms with Gasteiger partial charge in [-0.2, -0.15) is 0 Å². The van der Waals surface area contributed by atoms with Crippen molar-refractivity contribution < 1.29 is 0 Å². The molecule has 2 fully saturated rings. The summed E-state index contributed by atoms with van der Waals surface area (Å²) in [4.78, 5) is 5.12. The zero-order valence-corrected chi connectivity index (χ0v) is 9.71. The van der Waals surface area contributed by atoms with E-state index in [1.807, 2.05) is 0 Å². The smallest absolute Gasteiger partial charge is 0.0133 e. The molecule has 0 spiro atoms. The fourth-order valence-corrected chi connectivity index (χ4v) is 3.22. The Morgan fingerprint density at radius 3 is 2.50 bits per heavy atom. The van der Waals surface area contributed by atoms with E-state index >= 15 is 0 Å². The second-order valence-corrected chi connectivity index (χ2v) is 5.21. The molecule has 0 aromatic carbocycles. The molecule has 2 saturated heterocycles. The van der Waals surface area contributed by atoms with E-state index < -0.39 is 0 Å². The maximum absolute atomic E-state index is 2.59. The minimum absolute atomic E-state index is 0.885. The van der Waals surface area contributed by atoms with Gasteiger partial charge in [-0.25, -0.2) is 0 Å². The highest BCUT2D eigenvalue weighted by molar-refractivity contribution is 4.85. The van der Waals surface area contributed by atoms with Crippen LogP contribution in [0, 0.1) is 5.92 Å². The van der Waals surface area contributed by atoms with E-state index in [1.165, 1.54) is 51.7 Å². The van der Waals surface area contributed by atoms with Crippen molar-refractivity contribution in [2.45, 2.75) is 38.1 Å². The molecule has 0 radical (unpaired) electrons. The lowest BCUT2D eigenvalue weighted by Crippen LogP contribution is -2.37. The fraction of sp³-hybridized carbons (Fsp3) is 1.00. The topological polar surface area (TPSA) is 6.48 Å². The first-order valence-corrected chi connectivity index (χ1v) is 6.16. The van der Waals surface area contributed by atoms with Crippen molar-refractivity contribution in [1.29, 1.82) is 0 Å². The third-order valence-electron chi connectivity index (χ3n) is 4.03. The van der Waals surface area contributed by atoms with Crippen LogP contribution < -0.4 is 0 Å². The van der Waals surface area contributed by atoms with Gasteiger partial charge in [0.25, 0.3) is 0 Å². The summed E-state index contributed by atoms with van der Waals surface area (Å²) in [6.45, 7) is 3.97. The summed E-state index contributed by atoms with van der Waals surface area (Å²) >= 11 is 0.